The van der Waals surface area contributed by atoms with Gasteiger partial charge in [0.1, 0.15) is 11.6 Å². The standard InChI is InChI=1S/C12H20N4O/c1-10-14-11(9-12(17)15-10)13-5-8-16-6-3-2-4-7-16/h9H,2-8H2,1H3,(H2,13,14,15,17). The van der Waals surface area contributed by atoms with Gasteiger partial charge in [-0.1, -0.05) is 6.42 Å². The summed E-state index contributed by atoms with van der Waals surface area (Å²) in [6.07, 6.45) is 3.98. The lowest BCUT2D eigenvalue weighted by Gasteiger charge is -2.26. The van der Waals surface area contributed by atoms with Gasteiger partial charge in [0.05, 0.1) is 0 Å². The summed E-state index contributed by atoms with van der Waals surface area (Å²) in [6.45, 7) is 6.05. The van der Waals surface area contributed by atoms with Crippen LogP contribution in [0.1, 0.15) is 25.1 Å². The number of rotatable bonds is 4. The SMILES string of the molecule is Cc1nc(NCCN2CCCCC2)cc(=O)[nH]1. The molecule has 0 aromatic carbocycles. The zero-order valence-corrected chi connectivity index (χ0v) is 10.3. The number of nitrogens with one attached hydrogen (secondary N) is 2. The number of aromatic nitrogens is 2. The van der Waals surface area contributed by atoms with Crippen molar-refractivity contribution < 1.29 is 0 Å². The van der Waals surface area contributed by atoms with E-state index in [9.17, 15) is 4.79 Å². The van der Waals surface area contributed by atoms with Crippen LogP contribution in [0.2, 0.25) is 0 Å². The van der Waals surface area contributed by atoms with Crippen LogP contribution in [0, 0.1) is 6.92 Å². The fourth-order valence-corrected chi connectivity index (χ4v) is 2.20. The maximum Gasteiger partial charge on any atom is 0.252 e. The molecule has 5 heteroatoms. The number of aromatic amines is 1. The Balaban J connectivity index is 1.79. The van der Waals surface area contributed by atoms with Crippen molar-refractivity contribution in [1.82, 2.24) is 14.9 Å². The van der Waals surface area contributed by atoms with Crippen LogP contribution in [-0.4, -0.2) is 41.0 Å². The minimum absolute atomic E-state index is 0.0991. The van der Waals surface area contributed by atoms with Gasteiger partial charge in [-0.3, -0.25) is 4.79 Å². The Labute approximate surface area is 101 Å². The van der Waals surface area contributed by atoms with E-state index in [1.54, 1.807) is 6.92 Å². The Morgan fingerprint density at radius 1 is 1.41 bits per heavy atom. The van der Waals surface area contributed by atoms with Crippen LogP contribution in [0.25, 0.3) is 0 Å². The van der Waals surface area contributed by atoms with E-state index in [1.807, 2.05) is 0 Å². The molecule has 0 spiro atoms. The van der Waals surface area contributed by atoms with Gasteiger partial charge >= 0.3 is 0 Å². The van der Waals surface area contributed by atoms with Crippen molar-refractivity contribution in [3.05, 3.63) is 22.2 Å². The van der Waals surface area contributed by atoms with Gasteiger partial charge in [0.15, 0.2) is 0 Å². The Hall–Kier alpha value is -1.36. The quantitative estimate of drug-likeness (QED) is 0.818. The fraction of sp³-hybridized carbons (Fsp3) is 0.667. The molecule has 2 N–H and O–H groups in total. The molecule has 2 rings (SSSR count). The molecule has 1 aliphatic rings. The van der Waals surface area contributed by atoms with E-state index in [0.29, 0.717) is 11.6 Å². The van der Waals surface area contributed by atoms with Gasteiger partial charge in [0, 0.05) is 19.2 Å². The Morgan fingerprint density at radius 2 is 2.18 bits per heavy atom. The summed E-state index contributed by atoms with van der Waals surface area (Å²) in [5, 5.41) is 3.20. The van der Waals surface area contributed by atoms with Crippen molar-refractivity contribution in [2.24, 2.45) is 0 Å². The van der Waals surface area contributed by atoms with Gasteiger partial charge in [-0.15, -0.1) is 0 Å². The summed E-state index contributed by atoms with van der Waals surface area (Å²) < 4.78 is 0. The first-order valence-corrected chi connectivity index (χ1v) is 6.28. The van der Waals surface area contributed by atoms with Crippen molar-refractivity contribution >= 4 is 5.82 Å². The smallest absolute Gasteiger partial charge is 0.252 e. The third kappa shape index (κ3) is 3.85. The number of nitrogens with zero attached hydrogens (tertiary/aromatic N) is 2. The second-order valence-corrected chi connectivity index (χ2v) is 4.55. The molecule has 0 radical (unpaired) electrons. The second kappa shape index (κ2) is 5.82. The summed E-state index contributed by atoms with van der Waals surface area (Å²) in [5.74, 6) is 1.32. The van der Waals surface area contributed by atoms with Crippen LogP contribution >= 0.6 is 0 Å². The van der Waals surface area contributed by atoms with Gasteiger partial charge in [-0.05, 0) is 32.9 Å². The summed E-state index contributed by atoms with van der Waals surface area (Å²) >= 11 is 0. The molecule has 94 valence electrons. The van der Waals surface area contributed by atoms with E-state index in [-0.39, 0.29) is 5.56 Å². The summed E-state index contributed by atoms with van der Waals surface area (Å²) in [6, 6.07) is 1.50. The molecule has 0 saturated carbocycles. The average Bonchev–Trinajstić information content (AvgIpc) is 2.29. The highest BCUT2D eigenvalue weighted by Gasteiger charge is 2.09. The van der Waals surface area contributed by atoms with E-state index >= 15 is 0 Å². The van der Waals surface area contributed by atoms with E-state index in [0.717, 1.165) is 13.1 Å². The van der Waals surface area contributed by atoms with Crippen molar-refractivity contribution in [3.8, 4) is 0 Å². The lowest BCUT2D eigenvalue weighted by atomic mass is 10.1. The molecule has 2 heterocycles. The number of anilines is 1. The predicted octanol–water partition coefficient (Wildman–Crippen LogP) is 0.976. The molecular weight excluding hydrogens is 216 g/mol. The highest BCUT2D eigenvalue weighted by molar-refractivity contribution is 5.32. The van der Waals surface area contributed by atoms with Crippen LogP contribution in [-0.2, 0) is 0 Å². The molecule has 1 aromatic heterocycles. The maximum atomic E-state index is 11.2. The molecule has 5 nitrogen and oxygen atoms in total. The summed E-state index contributed by atoms with van der Waals surface area (Å²) in [4.78, 5) is 20.5. The number of aryl methyl sites for hydroxylation is 1. The fourth-order valence-electron chi connectivity index (χ4n) is 2.20. The Bertz CT molecular complexity index is 409. The zero-order chi connectivity index (χ0) is 12.1. The van der Waals surface area contributed by atoms with E-state index < -0.39 is 0 Å². The van der Waals surface area contributed by atoms with Gasteiger partial charge in [-0.25, -0.2) is 4.98 Å². The largest absolute Gasteiger partial charge is 0.369 e. The maximum absolute atomic E-state index is 11.2. The second-order valence-electron chi connectivity index (χ2n) is 4.55. The first-order valence-electron chi connectivity index (χ1n) is 6.28. The molecule has 0 aliphatic carbocycles. The van der Waals surface area contributed by atoms with Crippen LogP contribution in [0.4, 0.5) is 5.82 Å². The number of piperidine rings is 1. The molecule has 1 fully saturated rings. The molecule has 17 heavy (non-hydrogen) atoms. The molecular formula is C12H20N4O. The van der Waals surface area contributed by atoms with Crippen LogP contribution in [0.3, 0.4) is 0 Å². The number of hydrogen-bond acceptors (Lipinski definition) is 4. The molecule has 1 aliphatic heterocycles. The average molecular weight is 236 g/mol. The summed E-state index contributed by atoms with van der Waals surface area (Å²) in [7, 11) is 0. The predicted molar refractivity (Wildman–Crippen MR) is 68.4 cm³/mol. The van der Waals surface area contributed by atoms with Gasteiger partial charge < -0.3 is 15.2 Å². The topological polar surface area (TPSA) is 61.0 Å². The molecule has 0 amide bonds. The zero-order valence-electron chi connectivity index (χ0n) is 10.3. The van der Waals surface area contributed by atoms with Crippen molar-refractivity contribution in [2.75, 3.05) is 31.5 Å². The molecule has 1 aromatic rings. The third-order valence-electron chi connectivity index (χ3n) is 3.04. The van der Waals surface area contributed by atoms with Gasteiger partial charge in [-0.2, -0.15) is 0 Å². The van der Waals surface area contributed by atoms with Crippen molar-refractivity contribution in [2.45, 2.75) is 26.2 Å². The molecule has 0 bridgehead atoms. The lowest BCUT2D eigenvalue weighted by molar-refractivity contribution is 0.237. The Kier molecular flexibility index (Phi) is 4.14. The van der Waals surface area contributed by atoms with Crippen molar-refractivity contribution in [3.63, 3.8) is 0 Å². The van der Waals surface area contributed by atoms with Crippen LogP contribution in [0.15, 0.2) is 10.9 Å². The highest BCUT2D eigenvalue weighted by Crippen LogP contribution is 2.07. The minimum Gasteiger partial charge on any atom is -0.369 e. The highest BCUT2D eigenvalue weighted by atomic mass is 16.1. The van der Waals surface area contributed by atoms with Gasteiger partial charge in [0.2, 0.25) is 0 Å². The number of H-pyrrole nitrogens is 1. The van der Waals surface area contributed by atoms with Crippen molar-refractivity contribution in [1.29, 1.82) is 0 Å². The molecule has 1 saturated heterocycles. The number of likely N-dealkylation sites (tertiary alicyclic amines) is 1. The lowest BCUT2D eigenvalue weighted by Crippen LogP contribution is -2.33. The monoisotopic (exact) mass is 236 g/mol. The van der Waals surface area contributed by atoms with Gasteiger partial charge in [0.25, 0.3) is 5.56 Å². The first-order chi connectivity index (χ1) is 8.24. The third-order valence-corrected chi connectivity index (χ3v) is 3.04. The van der Waals surface area contributed by atoms with E-state index in [2.05, 4.69) is 20.2 Å². The normalized spacial score (nSPS) is 17.0. The number of hydrogen-bond donors (Lipinski definition) is 2. The van der Waals surface area contributed by atoms with Crippen LogP contribution in [0.5, 0.6) is 0 Å². The van der Waals surface area contributed by atoms with Crippen LogP contribution < -0.4 is 10.9 Å². The minimum atomic E-state index is -0.0991. The molecule has 0 unspecified atom stereocenters. The molecule has 0 atom stereocenters. The van der Waals surface area contributed by atoms with E-state index in [4.69, 9.17) is 0 Å². The Morgan fingerprint density at radius 3 is 2.88 bits per heavy atom. The van der Waals surface area contributed by atoms with E-state index in [1.165, 1.54) is 38.4 Å². The first kappa shape index (κ1) is 12.1. The summed E-state index contributed by atoms with van der Waals surface area (Å²) in [5.41, 5.74) is -0.0991.